The van der Waals surface area contributed by atoms with Crippen LogP contribution in [-0.4, -0.2) is 45.6 Å². The van der Waals surface area contributed by atoms with Gasteiger partial charge in [0, 0.05) is 0 Å². The minimum atomic E-state index is -1.96. The van der Waals surface area contributed by atoms with Gasteiger partial charge < -0.3 is 0 Å². The molecule has 4 heterocycles. The summed E-state index contributed by atoms with van der Waals surface area (Å²) in [6, 6.07) is 7.36. The van der Waals surface area contributed by atoms with Gasteiger partial charge >= 0.3 is 212 Å². The molecule has 2 N–H and O–H groups in total. The van der Waals surface area contributed by atoms with E-state index in [0.717, 1.165) is 33.9 Å². The van der Waals surface area contributed by atoms with E-state index in [1.807, 2.05) is 25.1 Å². The molecule has 8 nitrogen and oxygen atoms in total. The maximum atomic E-state index is 13.6. The molecule has 2 aliphatic rings. The number of pyridine rings is 2. The fourth-order valence-corrected chi connectivity index (χ4v) is 7.35. The van der Waals surface area contributed by atoms with Gasteiger partial charge in [-0.15, -0.1) is 0 Å². The maximum absolute atomic E-state index is 13.6. The fraction of sp³-hybridized carbons (Fsp3) is 0.444. The average Bonchev–Trinajstić information content (AvgIpc) is 3.11. The number of aliphatic hydroxyl groups excluding tert-OH is 1. The standard InChI is InChI=1S/C27H32GeN2O6/c1-6-27(34)19-13-21-23-22(25(32)30(21)24(31)18(19)14-36-26(27)33)16(10-11-28(3,4)5)17-12-15(35-7-2)8-9-20(17)29-23/h8-9,12-13,25,32,34H,6-7,10-11,14H2,1-5H3/t25?,27-/m0/s1. The van der Waals surface area contributed by atoms with E-state index in [1.54, 1.807) is 13.0 Å². The first-order chi connectivity index (χ1) is 17.0. The molecule has 2 aliphatic heterocycles. The molecule has 0 saturated heterocycles. The van der Waals surface area contributed by atoms with Gasteiger partial charge in [0.1, 0.15) is 0 Å². The molecule has 2 aromatic heterocycles. The van der Waals surface area contributed by atoms with Crippen molar-refractivity contribution in [2.75, 3.05) is 6.61 Å². The van der Waals surface area contributed by atoms with Crippen LogP contribution in [0.1, 0.15) is 48.8 Å². The van der Waals surface area contributed by atoms with Crippen molar-refractivity contribution in [3.05, 3.63) is 56.9 Å². The quantitative estimate of drug-likeness (QED) is 0.353. The van der Waals surface area contributed by atoms with Gasteiger partial charge in [0.2, 0.25) is 0 Å². The van der Waals surface area contributed by atoms with Gasteiger partial charge in [-0.25, -0.2) is 0 Å². The molecule has 0 bridgehead atoms. The summed E-state index contributed by atoms with van der Waals surface area (Å²) >= 11 is -1.96. The van der Waals surface area contributed by atoms with Crippen molar-refractivity contribution in [1.29, 1.82) is 0 Å². The molecule has 190 valence electrons. The van der Waals surface area contributed by atoms with Crippen molar-refractivity contribution in [2.45, 2.75) is 67.6 Å². The monoisotopic (exact) mass is 554 g/mol. The van der Waals surface area contributed by atoms with Crippen molar-refractivity contribution in [1.82, 2.24) is 9.55 Å². The Kier molecular flexibility index (Phi) is 6.04. The normalized spacial score (nSPS) is 20.6. The molecule has 1 aromatic carbocycles. The summed E-state index contributed by atoms with van der Waals surface area (Å²) in [5.41, 5.74) is 1.24. The van der Waals surface area contributed by atoms with Crippen LogP contribution >= 0.6 is 0 Å². The zero-order chi connectivity index (χ0) is 26.0. The number of aliphatic hydroxyl groups is 2. The van der Waals surface area contributed by atoms with E-state index in [1.165, 1.54) is 4.57 Å². The summed E-state index contributed by atoms with van der Waals surface area (Å²) in [6.45, 7) is 3.89. The first-order valence-corrected chi connectivity index (χ1v) is 20.2. The van der Waals surface area contributed by atoms with E-state index in [4.69, 9.17) is 14.5 Å². The topological polar surface area (TPSA) is 111 Å². The molecule has 0 amide bonds. The number of carbonyl (C=O) groups is 1. The summed E-state index contributed by atoms with van der Waals surface area (Å²) < 4.78 is 12.2. The van der Waals surface area contributed by atoms with Gasteiger partial charge in [0.05, 0.1) is 0 Å². The second-order valence-corrected chi connectivity index (χ2v) is 22.6. The predicted molar refractivity (Wildman–Crippen MR) is 139 cm³/mol. The van der Waals surface area contributed by atoms with Crippen LogP contribution in [0.5, 0.6) is 5.75 Å². The molecule has 3 aromatic rings. The number of cyclic esters (lactones) is 1. The Morgan fingerprint density at radius 1 is 1.22 bits per heavy atom. The molecule has 0 spiro atoms. The van der Waals surface area contributed by atoms with Crippen LogP contribution < -0.4 is 10.3 Å². The number of aromatic nitrogens is 2. The second-order valence-electron chi connectivity index (χ2n) is 10.8. The Morgan fingerprint density at radius 3 is 2.64 bits per heavy atom. The number of rotatable bonds is 6. The average molecular weight is 553 g/mol. The molecule has 36 heavy (non-hydrogen) atoms. The Morgan fingerprint density at radius 2 is 1.97 bits per heavy atom. The Bertz CT molecular complexity index is 1460. The third kappa shape index (κ3) is 3.77. The van der Waals surface area contributed by atoms with E-state index in [-0.39, 0.29) is 24.2 Å². The Balaban J connectivity index is 1.80. The summed E-state index contributed by atoms with van der Waals surface area (Å²) in [7, 11) is 0. The van der Waals surface area contributed by atoms with E-state index >= 15 is 0 Å². The molecule has 0 radical (unpaired) electrons. The molecule has 2 atom stereocenters. The van der Waals surface area contributed by atoms with Gasteiger partial charge in [-0.3, -0.25) is 0 Å². The van der Waals surface area contributed by atoms with Gasteiger partial charge in [-0.1, -0.05) is 0 Å². The van der Waals surface area contributed by atoms with E-state index in [0.29, 0.717) is 23.6 Å². The van der Waals surface area contributed by atoms with E-state index < -0.39 is 36.6 Å². The van der Waals surface area contributed by atoms with Gasteiger partial charge in [0.25, 0.3) is 0 Å². The minimum absolute atomic E-state index is 0.0611. The molecule has 9 heteroatoms. The van der Waals surface area contributed by atoms with Gasteiger partial charge in [-0.2, -0.15) is 0 Å². The van der Waals surface area contributed by atoms with Crippen molar-refractivity contribution in [3.63, 3.8) is 0 Å². The fourth-order valence-electron chi connectivity index (χ4n) is 5.25. The zero-order valence-corrected chi connectivity index (χ0v) is 23.4. The SMILES string of the molecule is CCOc1ccc2nc3c(c(C[CH2][Ge]([CH3])([CH3])[CH3])c2c1)C(O)n1c-3cc2c(c1=O)COC(=O)[C@]2(O)CC. The van der Waals surface area contributed by atoms with Crippen LogP contribution in [0.25, 0.3) is 22.3 Å². The summed E-state index contributed by atoms with van der Waals surface area (Å²) in [4.78, 5) is 31.0. The zero-order valence-electron chi connectivity index (χ0n) is 21.3. The van der Waals surface area contributed by atoms with Gasteiger partial charge in [-0.05, 0) is 0 Å². The van der Waals surface area contributed by atoms with Crippen LogP contribution in [0.3, 0.4) is 0 Å². The van der Waals surface area contributed by atoms with Crippen LogP contribution in [0.2, 0.25) is 22.5 Å². The third-order valence-electron chi connectivity index (χ3n) is 7.27. The van der Waals surface area contributed by atoms with Crippen LogP contribution in [0.15, 0.2) is 29.1 Å². The van der Waals surface area contributed by atoms with Crippen molar-refractivity contribution in [3.8, 4) is 17.1 Å². The number of carbonyl (C=O) groups excluding carboxylic acids is 1. The van der Waals surface area contributed by atoms with E-state index in [2.05, 4.69) is 17.3 Å². The van der Waals surface area contributed by atoms with E-state index in [9.17, 15) is 19.8 Å². The summed E-state index contributed by atoms with van der Waals surface area (Å²) in [5.74, 6) is 7.00. The number of hydrogen-bond acceptors (Lipinski definition) is 7. The number of hydrogen-bond donors (Lipinski definition) is 2. The third-order valence-corrected chi connectivity index (χ3v) is 10.9. The molecule has 0 fully saturated rings. The van der Waals surface area contributed by atoms with Crippen LogP contribution in [-0.2, 0) is 28.2 Å². The molecule has 0 saturated carbocycles. The first-order valence-electron chi connectivity index (χ1n) is 12.5. The number of benzene rings is 1. The first kappa shape index (κ1) is 25.0. The second kappa shape index (κ2) is 8.71. The molecule has 0 aliphatic carbocycles. The summed E-state index contributed by atoms with van der Waals surface area (Å²) in [5, 5.41) is 24.6. The molecule has 1 unspecified atom stereocenters. The van der Waals surface area contributed by atoms with Crippen molar-refractivity contribution >= 4 is 30.1 Å². The number of aryl methyl sites for hydroxylation is 1. The summed E-state index contributed by atoms with van der Waals surface area (Å²) in [6.07, 6.45) is -0.415. The molecular weight excluding hydrogens is 521 g/mol. The number of esters is 1. The van der Waals surface area contributed by atoms with Gasteiger partial charge in [0.15, 0.2) is 0 Å². The molecular formula is C27H32GeN2O6. The number of nitrogens with zero attached hydrogens (tertiary/aromatic N) is 2. The van der Waals surface area contributed by atoms with Crippen LogP contribution in [0.4, 0.5) is 0 Å². The Hall–Kier alpha value is -2.69. The van der Waals surface area contributed by atoms with Crippen LogP contribution in [0, 0.1) is 0 Å². The van der Waals surface area contributed by atoms with Crippen molar-refractivity contribution in [2.24, 2.45) is 0 Å². The predicted octanol–water partition coefficient (Wildman–Crippen LogP) is 3.85. The van der Waals surface area contributed by atoms with Crippen molar-refractivity contribution < 1.29 is 24.5 Å². The molecule has 5 rings (SSSR count). The Labute approximate surface area is 212 Å². The number of fused-ring (bicyclic) bond motifs is 5. The number of ether oxygens (including phenoxy) is 2.